The quantitative estimate of drug-likeness (QED) is 0.619. The summed E-state index contributed by atoms with van der Waals surface area (Å²) in [5.74, 6) is 0.970. The highest BCUT2D eigenvalue weighted by molar-refractivity contribution is 5.90. The Morgan fingerprint density at radius 2 is 1.86 bits per heavy atom. The lowest BCUT2D eigenvalue weighted by Crippen LogP contribution is -2.24. The molecule has 2 aromatic carbocycles. The molecule has 144 valence electrons. The third-order valence-corrected chi connectivity index (χ3v) is 4.28. The standard InChI is InChI=1S/C22H24N4O2/c1-4-26(15-17-9-6-5-7-10-17)22-23-16(2)13-20(25-22)24-19-12-8-11-18(14-19)21(27)28-3/h5-14H,4,15H2,1-3H3,(H,23,24,25). The fourth-order valence-corrected chi connectivity index (χ4v) is 2.88. The molecule has 0 aliphatic heterocycles. The van der Waals surface area contributed by atoms with E-state index in [0.29, 0.717) is 17.3 Å². The van der Waals surface area contributed by atoms with Crippen molar-refractivity contribution in [2.24, 2.45) is 0 Å². The first-order chi connectivity index (χ1) is 13.6. The molecule has 0 fully saturated rings. The van der Waals surface area contributed by atoms with Crippen molar-refractivity contribution in [3.8, 4) is 0 Å². The number of carbonyl (C=O) groups is 1. The van der Waals surface area contributed by atoms with E-state index in [9.17, 15) is 4.79 Å². The molecule has 6 heteroatoms. The number of nitrogens with zero attached hydrogens (tertiary/aromatic N) is 3. The van der Waals surface area contributed by atoms with Crippen molar-refractivity contribution in [3.05, 3.63) is 77.5 Å². The van der Waals surface area contributed by atoms with Gasteiger partial charge in [-0.1, -0.05) is 36.4 Å². The van der Waals surface area contributed by atoms with Crippen LogP contribution in [0.5, 0.6) is 0 Å². The van der Waals surface area contributed by atoms with Crippen LogP contribution in [0.25, 0.3) is 0 Å². The molecule has 0 aliphatic carbocycles. The number of hydrogen-bond acceptors (Lipinski definition) is 6. The lowest BCUT2D eigenvalue weighted by atomic mass is 10.2. The number of anilines is 3. The van der Waals surface area contributed by atoms with Crippen LogP contribution in [0, 0.1) is 6.92 Å². The van der Waals surface area contributed by atoms with Crippen LogP contribution >= 0.6 is 0 Å². The molecule has 28 heavy (non-hydrogen) atoms. The molecule has 0 amide bonds. The van der Waals surface area contributed by atoms with E-state index in [0.717, 1.165) is 24.5 Å². The van der Waals surface area contributed by atoms with Crippen LogP contribution < -0.4 is 10.2 Å². The molecule has 1 aromatic heterocycles. The fraction of sp³-hybridized carbons (Fsp3) is 0.227. The van der Waals surface area contributed by atoms with Crippen molar-refractivity contribution in [3.63, 3.8) is 0 Å². The minimum atomic E-state index is -0.372. The second-order valence-corrected chi connectivity index (χ2v) is 6.39. The molecule has 6 nitrogen and oxygen atoms in total. The summed E-state index contributed by atoms with van der Waals surface area (Å²) in [5, 5.41) is 3.26. The number of methoxy groups -OCH3 is 1. The zero-order valence-electron chi connectivity index (χ0n) is 16.3. The van der Waals surface area contributed by atoms with Crippen molar-refractivity contribution in [2.75, 3.05) is 23.9 Å². The third-order valence-electron chi connectivity index (χ3n) is 4.28. The zero-order chi connectivity index (χ0) is 19.9. The number of benzene rings is 2. The van der Waals surface area contributed by atoms with Crippen LogP contribution in [0.15, 0.2) is 60.7 Å². The Balaban J connectivity index is 1.84. The Hall–Kier alpha value is -3.41. The van der Waals surface area contributed by atoms with E-state index in [2.05, 4.69) is 39.2 Å². The van der Waals surface area contributed by atoms with Gasteiger partial charge in [-0.2, -0.15) is 4.98 Å². The Labute approximate surface area is 165 Å². The summed E-state index contributed by atoms with van der Waals surface area (Å²) in [4.78, 5) is 23.2. The monoisotopic (exact) mass is 376 g/mol. The van der Waals surface area contributed by atoms with E-state index in [4.69, 9.17) is 4.74 Å². The zero-order valence-corrected chi connectivity index (χ0v) is 16.3. The van der Waals surface area contributed by atoms with Gasteiger partial charge >= 0.3 is 5.97 Å². The van der Waals surface area contributed by atoms with Gasteiger partial charge in [0.05, 0.1) is 12.7 Å². The number of ether oxygens (including phenoxy) is 1. The number of aromatic nitrogens is 2. The Morgan fingerprint density at radius 3 is 2.57 bits per heavy atom. The topological polar surface area (TPSA) is 67.4 Å². The number of nitrogens with one attached hydrogen (secondary N) is 1. The van der Waals surface area contributed by atoms with E-state index in [-0.39, 0.29) is 5.97 Å². The first-order valence-electron chi connectivity index (χ1n) is 9.19. The molecule has 3 aromatic rings. The molecule has 0 saturated heterocycles. The number of esters is 1. The largest absolute Gasteiger partial charge is 0.465 e. The molecule has 3 rings (SSSR count). The van der Waals surface area contributed by atoms with Crippen LogP contribution in [-0.2, 0) is 11.3 Å². The molecular formula is C22H24N4O2. The summed E-state index contributed by atoms with van der Waals surface area (Å²) in [6.45, 7) is 5.55. The van der Waals surface area contributed by atoms with Crippen molar-refractivity contribution in [1.82, 2.24) is 9.97 Å². The Bertz CT molecular complexity index is 944. The third kappa shape index (κ3) is 4.85. The maximum atomic E-state index is 11.7. The molecule has 0 atom stereocenters. The summed E-state index contributed by atoms with van der Waals surface area (Å²) >= 11 is 0. The molecule has 0 unspecified atom stereocenters. The van der Waals surface area contributed by atoms with E-state index < -0.39 is 0 Å². The fourth-order valence-electron chi connectivity index (χ4n) is 2.88. The average Bonchev–Trinajstić information content (AvgIpc) is 2.72. The van der Waals surface area contributed by atoms with Crippen molar-refractivity contribution in [2.45, 2.75) is 20.4 Å². The van der Waals surface area contributed by atoms with E-state index >= 15 is 0 Å². The molecule has 0 radical (unpaired) electrons. The predicted octanol–water partition coefficient (Wildman–Crippen LogP) is 4.34. The summed E-state index contributed by atoms with van der Waals surface area (Å²) in [6.07, 6.45) is 0. The smallest absolute Gasteiger partial charge is 0.337 e. The van der Waals surface area contributed by atoms with E-state index in [1.54, 1.807) is 18.2 Å². The normalized spacial score (nSPS) is 10.4. The SMILES string of the molecule is CCN(Cc1ccccc1)c1nc(C)cc(Nc2cccc(C(=O)OC)c2)n1. The van der Waals surface area contributed by atoms with E-state index in [1.165, 1.54) is 12.7 Å². The van der Waals surface area contributed by atoms with Crippen molar-refractivity contribution in [1.29, 1.82) is 0 Å². The number of rotatable bonds is 7. The van der Waals surface area contributed by atoms with Crippen molar-refractivity contribution >= 4 is 23.4 Å². The van der Waals surface area contributed by atoms with Gasteiger partial charge in [0.25, 0.3) is 0 Å². The summed E-state index contributed by atoms with van der Waals surface area (Å²) in [7, 11) is 1.37. The van der Waals surface area contributed by atoms with Gasteiger partial charge in [-0.05, 0) is 37.6 Å². The first-order valence-corrected chi connectivity index (χ1v) is 9.19. The van der Waals surface area contributed by atoms with E-state index in [1.807, 2.05) is 37.3 Å². The van der Waals surface area contributed by atoms with Crippen LogP contribution in [0.4, 0.5) is 17.5 Å². The molecular weight excluding hydrogens is 352 g/mol. The number of hydrogen-bond donors (Lipinski definition) is 1. The van der Waals surface area contributed by atoms with Gasteiger partial charge in [0, 0.05) is 30.5 Å². The van der Waals surface area contributed by atoms with Gasteiger partial charge in [-0.25, -0.2) is 9.78 Å². The molecule has 1 N–H and O–H groups in total. The van der Waals surface area contributed by atoms with Crippen LogP contribution in [0.3, 0.4) is 0 Å². The number of carbonyl (C=O) groups excluding carboxylic acids is 1. The Morgan fingerprint density at radius 1 is 1.07 bits per heavy atom. The maximum Gasteiger partial charge on any atom is 0.337 e. The molecule has 0 aliphatic rings. The molecule has 0 spiro atoms. The number of aryl methyl sites for hydroxylation is 1. The van der Waals surface area contributed by atoms with Gasteiger partial charge in [-0.15, -0.1) is 0 Å². The van der Waals surface area contributed by atoms with Crippen LogP contribution in [0.2, 0.25) is 0 Å². The molecule has 1 heterocycles. The highest BCUT2D eigenvalue weighted by Gasteiger charge is 2.12. The highest BCUT2D eigenvalue weighted by atomic mass is 16.5. The van der Waals surface area contributed by atoms with Gasteiger partial charge in [0.2, 0.25) is 5.95 Å². The summed E-state index contributed by atoms with van der Waals surface area (Å²) < 4.78 is 4.78. The minimum Gasteiger partial charge on any atom is -0.465 e. The summed E-state index contributed by atoms with van der Waals surface area (Å²) in [5.41, 5.74) is 3.31. The predicted molar refractivity (Wildman–Crippen MR) is 111 cm³/mol. The molecule has 0 saturated carbocycles. The summed E-state index contributed by atoms with van der Waals surface area (Å²) in [6, 6.07) is 19.3. The average molecular weight is 376 g/mol. The molecule has 0 bridgehead atoms. The lowest BCUT2D eigenvalue weighted by molar-refractivity contribution is 0.0601. The van der Waals surface area contributed by atoms with Gasteiger partial charge in [-0.3, -0.25) is 0 Å². The second-order valence-electron chi connectivity index (χ2n) is 6.39. The minimum absolute atomic E-state index is 0.372. The first kappa shape index (κ1) is 19.4. The lowest BCUT2D eigenvalue weighted by Gasteiger charge is -2.22. The van der Waals surface area contributed by atoms with Gasteiger partial charge < -0.3 is 15.0 Å². The second kappa shape index (κ2) is 8.99. The Kier molecular flexibility index (Phi) is 6.22. The van der Waals surface area contributed by atoms with Crippen LogP contribution in [0.1, 0.15) is 28.5 Å². The highest BCUT2D eigenvalue weighted by Crippen LogP contribution is 2.21. The maximum absolute atomic E-state index is 11.7. The van der Waals surface area contributed by atoms with Crippen LogP contribution in [-0.4, -0.2) is 29.6 Å². The van der Waals surface area contributed by atoms with Gasteiger partial charge in [0.1, 0.15) is 5.82 Å². The van der Waals surface area contributed by atoms with Crippen molar-refractivity contribution < 1.29 is 9.53 Å². The van der Waals surface area contributed by atoms with Gasteiger partial charge in [0.15, 0.2) is 0 Å².